The highest BCUT2D eigenvalue weighted by atomic mass is 127. The topological polar surface area (TPSA) is 44.9 Å². The molecule has 0 radical (unpaired) electrons. The van der Waals surface area contributed by atoms with Crippen LogP contribution in [-0.4, -0.2) is 17.4 Å². The summed E-state index contributed by atoms with van der Waals surface area (Å²) in [6.45, 7) is 0.614. The van der Waals surface area contributed by atoms with Crippen molar-refractivity contribution in [1.82, 2.24) is 10.3 Å². The lowest BCUT2D eigenvalue weighted by molar-refractivity contribution is 0.0953. The Morgan fingerprint density at radius 1 is 1.23 bits per heavy atom. The fourth-order valence-corrected chi connectivity index (χ4v) is 3.36. The van der Waals surface area contributed by atoms with Gasteiger partial charge in [-0.05, 0) is 58.8 Å². The molecule has 0 spiro atoms. The molecule has 1 heterocycles. The van der Waals surface area contributed by atoms with Gasteiger partial charge in [0.05, 0.1) is 5.56 Å². The Hall–Kier alpha value is -1.34. The lowest BCUT2D eigenvalue weighted by Gasteiger charge is -2.07. The Balaban J connectivity index is 1.65. The smallest absolute Gasteiger partial charge is 0.252 e. The van der Waals surface area contributed by atoms with Crippen molar-refractivity contribution >= 4 is 55.3 Å². The maximum Gasteiger partial charge on any atom is 0.252 e. The van der Waals surface area contributed by atoms with Crippen molar-refractivity contribution in [1.29, 1.82) is 0 Å². The molecule has 112 valence electrons. The van der Waals surface area contributed by atoms with Gasteiger partial charge >= 0.3 is 0 Å². The van der Waals surface area contributed by atoms with Crippen molar-refractivity contribution in [3.05, 3.63) is 67.8 Å². The molecule has 2 aromatic carbocycles. The zero-order chi connectivity index (χ0) is 15.5. The monoisotopic (exact) mass is 468 g/mol. The van der Waals surface area contributed by atoms with Gasteiger partial charge in [-0.1, -0.05) is 34.1 Å². The molecular formula is C17H14BrIN2O. The van der Waals surface area contributed by atoms with Gasteiger partial charge in [0.25, 0.3) is 5.91 Å². The number of benzene rings is 2. The van der Waals surface area contributed by atoms with Gasteiger partial charge in [0.2, 0.25) is 0 Å². The average molecular weight is 469 g/mol. The van der Waals surface area contributed by atoms with Crippen molar-refractivity contribution < 1.29 is 4.79 Å². The van der Waals surface area contributed by atoms with E-state index in [9.17, 15) is 4.79 Å². The Morgan fingerprint density at radius 2 is 2.05 bits per heavy atom. The molecule has 3 aromatic rings. The van der Waals surface area contributed by atoms with Crippen LogP contribution < -0.4 is 5.32 Å². The molecule has 0 saturated heterocycles. The van der Waals surface area contributed by atoms with E-state index in [0.717, 1.165) is 20.0 Å². The molecule has 0 fully saturated rings. The summed E-state index contributed by atoms with van der Waals surface area (Å²) in [5.41, 5.74) is 3.05. The van der Waals surface area contributed by atoms with E-state index in [0.29, 0.717) is 12.1 Å². The summed E-state index contributed by atoms with van der Waals surface area (Å²) < 4.78 is 1.86. The highest BCUT2D eigenvalue weighted by Gasteiger charge is 2.10. The Bertz CT molecular complexity index is 828. The summed E-state index contributed by atoms with van der Waals surface area (Å²) in [7, 11) is 0. The molecule has 0 atom stereocenters. The van der Waals surface area contributed by atoms with Crippen LogP contribution in [0.3, 0.4) is 0 Å². The summed E-state index contributed by atoms with van der Waals surface area (Å²) in [6, 6.07) is 13.9. The van der Waals surface area contributed by atoms with E-state index in [4.69, 9.17) is 0 Å². The van der Waals surface area contributed by atoms with Crippen molar-refractivity contribution in [3.63, 3.8) is 0 Å². The minimum atomic E-state index is -0.0365. The molecule has 3 rings (SSSR count). The number of carbonyl (C=O) groups is 1. The SMILES string of the molecule is O=C(NCCc1c[nH]c2ccccc12)c1cc(Br)ccc1I. The van der Waals surface area contributed by atoms with Crippen LogP contribution in [0, 0.1) is 3.57 Å². The van der Waals surface area contributed by atoms with E-state index in [1.807, 2.05) is 36.5 Å². The van der Waals surface area contributed by atoms with Gasteiger partial charge in [0.1, 0.15) is 0 Å². The number of rotatable bonds is 4. The fraction of sp³-hybridized carbons (Fsp3) is 0.118. The van der Waals surface area contributed by atoms with Crippen LogP contribution in [0.4, 0.5) is 0 Å². The number of halogens is 2. The zero-order valence-corrected chi connectivity index (χ0v) is 15.4. The Morgan fingerprint density at radius 3 is 2.91 bits per heavy atom. The molecule has 0 saturated carbocycles. The van der Waals surface area contributed by atoms with E-state index >= 15 is 0 Å². The second kappa shape index (κ2) is 6.83. The highest BCUT2D eigenvalue weighted by molar-refractivity contribution is 14.1. The van der Waals surface area contributed by atoms with Crippen LogP contribution in [0.15, 0.2) is 53.1 Å². The largest absolute Gasteiger partial charge is 0.361 e. The molecule has 22 heavy (non-hydrogen) atoms. The number of nitrogens with one attached hydrogen (secondary N) is 2. The lowest BCUT2D eigenvalue weighted by Crippen LogP contribution is -2.26. The molecule has 0 bridgehead atoms. The predicted octanol–water partition coefficient (Wildman–Crippen LogP) is 4.51. The lowest BCUT2D eigenvalue weighted by atomic mass is 10.1. The average Bonchev–Trinajstić information content (AvgIpc) is 2.93. The molecular weight excluding hydrogens is 455 g/mol. The maximum atomic E-state index is 12.3. The Kier molecular flexibility index (Phi) is 4.83. The number of para-hydroxylation sites is 1. The summed E-state index contributed by atoms with van der Waals surface area (Å²) in [5.74, 6) is -0.0365. The first-order valence-corrected chi connectivity index (χ1v) is 8.80. The van der Waals surface area contributed by atoms with Crippen molar-refractivity contribution in [2.75, 3.05) is 6.54 Å². The van der Waals surface area contributed by atoms with Crippen LogP contribution in [0.5, 0.6) is 0 Å². The van der Waals surface area contributed by atoms with Gasteiger partial charge in [-0.3, -0.25) is 4.79 Å². The summed E-state index contributed by atoms with van der Waals surface area (Å²) in [5, 5.41) is 4.21. The van der Waals surface area contributed by atoms with Gasteiger partial charge in [0, 0.05) is 31.7 Å². The van der Waals surface area contributed by atoms with Gasteiger partial charge in [0.15, 0.2) is 0 Å². The highest BCUT2D eigenvalue weighted by Crippen LogP contribution is 2.19. The third-order valence-electron chi connectivity index (χ3n) is 3.53. The molecule has 1 amide bonds. The number of aromatic amines is 1. The standard InChI is InChI=1S/C17H14BrIN2O/c18-12-5-6-15(19)14(9-12)17(22)20-8-7-11-10-21-16-4-2-1-3-13(11)16/h1-6,9-10,21H,7-8H2,(H,20,22). The quantitative estimate of drug-likeness (QED) is 0.544. The fourth-order valence-electron chi connectivity index (χ4n) is 2.42. The predicted molar refractivity (Wildman–Crippen MR) is 101 cm³/mol. The van der Waals surface area contributed by atoms with E-state index in [2.05, 4.69) is 61.0 Å². The van der Waals surface area contributed by atoms with E-state index < -0.39 is 0 Å². The molecule has 0 aliphatic carbocycles. The summed E-state index contributed by atoms with van der Waals surface area (Å²) in [4.78, 5) is 15.5. The van der Waals surface area contributed by atoms with Gasteiger partial charge in [-0.25, -0.2) is 0 Å². The van der Waals surface area contributed by atoms with Crippen LogP contribution in [0.25, 0.3) is 10.9 Å². The molecule has 3 nitrogen and oxygen atoms in total. The third kappa shape index (κ3) is 3.35. The number of H-pyrrole nitrogens is 1. The number of fused-ring (bicyclic) bond motifs is 1. The molecule has 0 unspecified atom stereocenters. The van der Waals surface area contributed by atoms with Gasteiger partial charge < -0.3 is 10.3 Å². The van der Waals surface area contributed by atoms with E-state index in [1.54, 1.807) is 0 Å². The second-order valence-corrected chi connectivity index (χ2v) is 7.07. The van der Waals surface area contributed by atoms with Gasteiger partial charge in [-0.15, -0.1) is 0 Å². The van der Waals surface area contributed by atoms with Crippen molar-refractivity contribution in [3.8, 4) is 0 Å². The first-order chi connectivity index (χ1) is 10.6. The van der Waals surface area contributed by atoms with Gasteiger partial charge in [-0.2, -0.15) is 0 Å². The molecule has 0 aliphatic heterocycles. The first kappa shape index (κ1) is 15.6. The summed E-state index contributed by atoms with van der Waals surface area (Å²) in [6.07, 6.45) is 2.82. The number of amides is 1. The number of carbonyl (C=O) groups excluding carboxylic acids is 1. The second-order valence-electron chi connectivity index (χ2n) is 4.99. The number of aromatic nitrogens is 1. The van der Waals surface area contributed by atoms with Crippen LogP contribution in [0.1, 0.15) is 15.9 Å². The maximum absolute atomic E-state index is 12.3. The molecule has 1 aromatic heterocycles. The van der Waals surface area contributed by atoms with E-state index in [1.165, 1.54) is 10.9 Å². The molecule has 5 heteroatoms. The third-order valence-corrected chi connectivity index (χ3v) is 4.96. The zero-order valence-electron chi connectivity index (χ0n) is 11.7. The van der Waals surface area contributed by atoms with Crippen LogP contribution in [0.2, 0.25) is 0 Å². The number of hydrogen-bond donors (Lipinski definition) is 2. The normalized spacial score (nSPS) is 10.8. The Labute approximate surface area is 150 Å². The minimum Gasteiger partial charge on any atom is -0.361 e. The summed E-state index contributed by atoms with van der Waals surface area (Å²) >= 11 is 5.58. The molecule has 2 N–H and O–H groups in total. The van der Waals surface area contributed by atoms with Crippen LogP contribution in [-0.2, 0) is 6.42 Å². The molecule has 0 aliphatic rings. The van der Waals surface area contributed by atoms with Crippen molar-refractivity contribution in [2.45, 2.75) is 6.42 Å². The first-order valence-electron chi connectivity index (χ1n) is 6.93. The van der Waals surface area contributed by atoms with Crippen LogP contribution >= 0.6 is 38.5 Å². The number of hydrogen-bond acceptors (Lipinski definition) is 1. The van der Waals surface area contributed by atoms with E-state index in [-0.39, 0.29) is 5.91 Å². The van der Waals surface area contributed by atoms with Crippen molar-refractivity contribution in [2.24, 2.45) is 0 Å². The minimum absolute atomic E-state index is 0.0365.